The standard InChI is InChI=1S/C32H46N2O4S2Si/c1-24(2)20-21-40(36,37)32(8,9)27(35)22-28-33-34-29(39-28)31(6,7)23-38-41(30(3,4)5,25-16-12-10-13-17-25)26-18-14-11-15-19-26/h10-19,24H,20-23H2,1-9H3. The molecule has 0 aliphatic rings. The number of carbonyl (C=O) groups excluding carboxylic acids is 1. The zero-order valence-electron chi connectivity index (χ0n) is 26.0. The molecule has 0 saturated carbocycles. The third-order valence-electron chi connectivity index (χ3n) is 7.84. The first-order chi connectivity index (χ1) is 18.9. The molecule has 0 spiro atoms. The molecule has 0 aliphatic heterocycles. The largest absolute Gasteiger partial charge is 0.406 e. The van der Waals surface area contributed by atoms with E-state index in [0.717, 1.165) is 5.01 Å². The maximum absolute atomic E-state index is 13.2. The Bertz CT molecular complexity index is 1370. The van der Waals surface area contributed by atoms with Gasteiger partial charge in [0.05, 0.1) is 12.2 Å². The minimum atomic E-state index is -3.60. The van der Waals surface area contributed by atoms with Crippen LogP contribution < -0.4 is 10.4 Å². The summed E-state index contributed by atoms with van der Waals surface area (Å²) in [6.45, 7) is 18.3. The number of rotatable bonds is 13. The zero-order valence-corrected chi connectivity index (χ0v) is 28.7. The van der Waals surface area contributed by atoms with Crippen molar-refractivity contribution in [3.05, 3.63) is 70.7 Å². The minimum Gasteiger partial charge on any atom is -0.406 e. The van der Waals surface area contributed by atoms with Crippen LogP contribution >= 0.6 is 11.3 Å². The fraction of sp³-hybridized carbons (Fsp3) is 0.531. The third kappa shape index (κ3) is 7.24. The number of sulfone groups is 1. The van der Waals surface area contributed by atoms with Gasteiger partial charge in [-0.15, -0.1) is 21.5 Å². The Labute approximate surface area is 252 Å². The lowest BCUT2D eigenvalue weighted by atomic mass is 9.96. The van der Waals surface area contributed by atoms with Gasteiger partial charge in [-0.2, -0.15) is 0 Å². The first kappa shape index (κ1) is 33.3. The molecule has 3 aromatic rings. The van der Waals surface area contributed by atoms with Gasteiger partial charge in [-0.05, 0) is 41.6 Å². The van der Waals surface area contributed by atoms with Crippen molar-refractivity contribution in [1.82, 2.24) is 10.2 Å². The van der Waals surface area contributed by atoms with E-state index < -0.39 is 28.3 Å². The van der Waals surface area contributed by atoms with E-state index in [1.807, 2.05) is 26.0 Å². The van der Waals surface area contributed by atoms with Crippen molar-refractivity contribution in [1.29, 1.82) is 0 Å². The average molecular weight is 615 g/mol. The summed E-state index contributed by atoms with van der Waals surface area (Å²) >= 11 is 1.36. The molecule has 0 unspecified atom stereocenters. The maximum atomic E-state index is 13.2. The smallest absolute Gasteiger partial charge is 0.261 e. The number of benzene rings is 2. The van der Waals surface area contributed by atoms with Gasteiger partial charge in [0, 0.05) is 12.0 Å². The van der Waals surface area contributed by atoms with Crippen LogP contribution in [0.5, 0.6) is 0 Å². The van der Waals surface area contributed by atoms with Gasteiger partial charge in [0.1, 0.15) is 14.8 Å². The first-order valence-corrected chi connectivity index (χ1v) is 18.7. The van der Waals surface area contributed by atoms with Gasteiger partial charge in [0.2, 0.25) is 0 Å². The lowest BCUT2D eigenvalue weighted by Crippen LogP contribution is -2.67. The normalized spacial score (nSPS) is 13.5. The summed E-state index contributed by atoms with van der Waals surface area (Å²) in [5.74, 6) is -0.114. The number of ketones is 1. The summed E-state index contributed by atoms with van der Waals surface area (Å²) in [5.41, 5.74) is -0.481. The van der Waals surface area contributed by atoms with Crippen LogP contribution in [-0.4, -0.2) is 49.8 Å². The number of hydrogen-bond acceptors (Lipinski definition) is 7. The predicted molar refractivity (Wildman–Crippen MR) is 173 cm³/mol. The summed E-state index contributed by atoms with van der Waals surface area (Å²) in [6.07, 6.45) is 0.471. The van der Waals surface area contributed by atoms with E-state index in [9.17, 15) is 13.2 Å². The topological polar surface area (TPSA) is 86.2 Å². The molecule has 1 aromatic heterocycles. The van der Waals surface area contributed by atoms with Crippen molar-refractivity contribution in [3.8, 4) is 0 Å². The lowest BCUT2D eigenvalue weighted by molar-refractivity contribution is -0.120. The van der Waals surface area contributed by atoms with Crippen molar-refractivity contribution < 1.29 is 17.6 Å². The molecular weight excluding hydrogens is 569 g/mol. The second kappa shape index (κ2) is 12.6. The van der Waals surface area contributed by atoms with E-state index in [0.29, 0.717) is 18.0 Å². The first-order valence-electron chi connectivity index (χ1n) is 14.3. The van der Waals surface area contributed by atoms with Gasteiger partial charge >= 0.3 is 0 Å². The van der Waals surface area contributed by atoms with Crippen LogP contribution in [-0.2, 0) is 30.9 Å². The van der Waals surface area contributed by atoms with Gasteiger partial charge in [-0.25, -0.2) is 8.42 Å². The van der Waals surface area contributed by atoms with E-state index in [1.54, 1.807) is 0 Å². The number of carbonyl (C=O) groups is 1. The molecule has 0 saturated heterocycles. The quantitative estimate of drug-likeness (QED) is 0.228. The van der Waals surface area contributed by atoms with Gasteiger partial charge < -0.3 is 4.43 Å². The molecule has 0 radical (unpaired) electrons. The van der Waals surface area contributed by atoms with E-state index in [1.165, 1.54) is 35.6 Å². The number of aromatic nitrogens is 2. The Balaban J connectivity index is 1.87. The minimum absolute atomic E-state index is 0.00259. The van der Waals surface area contributed by atoms with Gasteiger partial charge in [0.15, 0.2) is 15.6 Å². The van der Waals surface area contributed by atoms with E-state index >= 15 is 0 Å². The van der Waals surface area contributed by atoms with Gasteiger partial charge in [0.25, 0.3) is 8.32 Å². The highest BCUT2D eigenvalue weighted by Gasteiger charge is 2.51. The Kier molecular flexibility index (Phi) is 10.2. The molecule has 0 amide bonds. The van der Waals surface area contributed by atoms with Crippen molar-refractivity contribution in [2.45, 2.75) is 90.4 Å². The Hall–Kier alpha value is -2.20. The summed E-state index contributed by atoms with van der Waals surface area (Å²) in [5, 5.41) is 12.3. The van der Waals surface area contributed by atoms with Crippen LogP contribution in [0.15, 0.2) is 60.7 Å². The molecule has 2 aromatic carbocycles. The van der Waals surface area contributed by atoms with Crippen LogP contribution in [0.1, 0.15) is 78.7 Å². The van der Waals surface area contributed by atoms with E-state index in [2.05, 4.69) is 93.3 Å². The van der Waals surface area contributed by atoms with Crippen LogP contribution in [0.3, 0.4) is 0 Å². The van der Waals surface area contributed by atoms with Crippen molar-refractivity contribution in [2.75, 3.05) is 12.4 Å². The second-order valence-corrected chi connectivity index (χ2v) is 21.5. The molecule has 0 fully saturated rings. The molecule has 41 heavy (non-hydrogen) atoms. The highest BCUT2D eigenvalue weighted by Crippen LogP contribution is 2.38. The molecule has 224 valence electrons. The summed E-state index contributed by atoms with van der Waals surface area (Å²) < 4.78 is 31.6. The summed E-state index contributed by atoms with van der Waals surface area (Å²) in [6, 6.07) is 21.0. The fourth-order valence-electron chi connectivity index (χ4n) is 4.88. The Morgan fingerprint density at radius 2 is 1.39 bits per heavy atom. The molecule has 0 N–H and O–H groups in total. The summed E-state index contributed by atoms with van der Waals surface area (Å²) in [4.78, 5) is 13.2. The third-order valence-corrected chi connectivity index (χ3v) is 16.7. The van der Waals surface area contributed by atoms with Gasteiger partial charge in [-0.1, -0.05) is 109 Å². The second-order valence-electron chi connectivity index (χ2n) is 13.4. The molecular formula is C32H46N2O4S2Si. The monoisotopic (exact) mass is 614 g/mol. The number of Topliss-reactive ketones (excluding diaryl/α,β-unsaturated/α-hetero) is 1. The van der Waals surface area contributed by atoms with E-state index in [4.69, 9.17) is 4.43 Å². The van der Waals surface area contributed by atoms with Gasteiger partial charge in [-0.3, -0.25) is 4.79 Å². The molecule has 0 atom stereocenters. The van der Waals surface area contributed by atoms with Crippen molar-refractivity contribution in [2.24, 2.45) is 5.92 Å². The molecule has 0 aliphatic carbocycles. The molecule has 1 heterocycles. The highest BCUT2D eigenvalue weighted by atomic mass is 32.2. The summed E-state index contributed by atoms with van der Waals surface area (Å²) in [7, 11) is -6.33. The molecule has 6 nitrogen and oxygen atoms in total. The van der Waals surface area contributed by atoms with Crippen LogP contribution in [0, 0.1) is 5.92 Å². The SMILES string of the molecule is CC(C)CCS(=O)(=O)C(C)(C)C(=O)Cc1nnc(C(C)(C)CO[Si](c2ccccc2)(c2ccccc2)C(C)(C)C)s1. The Morgan fingerprint density at radius 3 is 1.85 bits per heavy atom. The van der Waals surface area contributed by atoms with Crippen LogP contribution in [0.2, 0.25) is 5.04 Å². The van der Waals surface area contributed by atoms with E-state index in [-0.39, 0.29) is 28.9 Å². The zero-order chi connectivity index (χ0) is 30.7. The van der Waals surface area contributed by atoms with Crippen molar-refractivity contribution in [3.63, 3.8) is 0 Å². The molecule has 9 heteroatoms. The Morgan fingerprint density at radius 1 is 0.878 bits per heavy atom. The molecule has 0 bridgehead atoms. The molecule has 3 rings (SSSR count). The van der Waals surface area contributed by atoms with Crippen LogP contribution in [0.4, 0.5) is 0 Å². The van der Waals surface area contributed by atoms with Crippen LogP contribution in [0.25, 0.3) is 0 Å². The predicted octanol–water partition coefficient (Wildman–Crippen LogP) is 5.74. The average Bonchev–Trinajstić information content (AvgIpc) is 3.38. The highest BCUT2D eigenvalue weighted by molar-refractivity contribution is 7.93. The number of hydrogen-bond donors (Lipinski definition) is 0. The lowest BCUT2D eigenvalue weighted by Gasteiger charge is -2.44. The van der Waals surface area contributed by atoms with Crippen molar-refractivity contribution >= 4 is 45.6 Å². The number of nitrogens with zero attached hydrogens (tertiary/aromatic N) is 2. The maximum Gasteiger partial charge on any atom is 0.261 e. The fourth-order valence-corrected chi connectivity index (χ4v) is 12.2.